The highest BCUT2D eigenvalue weighted by Gasteiger charge is 2.47. The van der Waals surface area contributed by atoms with Gasteiger partial charge >= 0.3 is 6.09 Å². The van der Waals surface area contributed by atoms with E-state index in [4.69, 9.17) is 9.47 Å². The van der Waals surface area contributed by atoms with E-state index in [1.165, 1.54) is 18.6 Å². The van der Waals surface area contributed by atoms with Crippen molar-refractivity contribution in [2.24, 2.45) is 0 Å². The predicted molar refractivity (Wildman–Crippen MR) is 112 cm³/mol. The minimum absolute atomic E-state index is 0.0883. The average Bonchev–Trinajstić information content (AvgIpc) is 3.32. The first-order valence-electron chi connectivity index (χ1n) is 10.5. The number of nitrogens with zero attached hydrogens (tertiary/aromatic N) is 4. The first kappa shape index (κ1) is 21.7. The summed E-state index contributed by atoms with van der Waals surface area (Å²) in [6.45, 7) is 2.02. The van der Waals surface area contributed by atoms with Gasteiger partial charge in [-0.1, -0.05) is 30.3 Å². The molecule has 1 N–H and O–H groups in total. The summed E-state index contributed by atoms with van der Waals surface area (Å²) in [5.74, 6) is -0.440. The molecule has 3 amide bonds. The van der Waals surface area contributed by atoms with Gasteiger partial charge in [0.25, 0.3) is 11.8 Å². The van der Waals surface area contributed by atoms with Gasteiger partial charge in [0.1, 0.15) is 17.8 Å². The third-order valence-corrected chi connectivity index (χ3v) is 5.62. The van der Waals surface area contributed by atoms with Crippen LogP contribution in [0.2, 0.25) is 0 Å². The largest absolute Gasteiger partial charge is 0.445 e. The molecule has 1 aromatic carbocycles. The summed E-state index contributed by atoms with van der Waals surface area (Å²) >= 11 is 0. The fraction of sp³-hybridized carbons (Fsp3) is 0.409. The Labute approximate surface area is 185 Å². The highest BCUT2D eigenvalue weighted by Crippen LogP contribution is 2.23. The fourth-order valence-electron chi connectivity index (χ4n) is 3.83. The lowest BCUT2D eigenvalue weighted by Crippen LogP contribution is -2.63. The van der Waals surface area contributed by atoms with Crippen molar-refractivity contribution in [1.29, 1.82) is 0 Å². The van der Waals surface area contributed by atoms with Gasteiger partial charge < -0.3 is 24.6 Å². The van der Waals surface area contributed by atoms with Gasteiger partial charge in [-0.3, -0.25) is 14.6 Å². The molecule has 4 rings (SSSR count). The minimum atomic E-state index is -1.16. The molecule has 0 bridgehead atoms. The van der Waals surface area contributed by atoms with E-state index in [1.54, 1.807) is 9.80 Å². The maximum Gasteiger partial charge on any atom is 0.408 e. The minimum Gasteiger partial charge on any atom is -0.445 e. The normalized spacial score (nSPS) is 20.6. The molecule has 0 radical (unpaired) electrons. The van der Waals surface area contributed by atoms with E-state index in [0.717, 1.165) is 5.56 Å². The molecule has 2 aliphatic heterocycles. The monoisotopic (exact) mass is 439 g/mol. The Morgan fingerprint density at radius 2 is 1.81 bits per heavy atom. The molecule has 32 heavy (non-hydrogen) atoms. The lowest BCUT2D eigenvalue weighted by atomic mass is 9.96. The Balaban J connectivity index is 1.34. The van der Waals surface area contributed by atoms with E-state index in [-0.39, 0.29) is 30.7 Å². The molecule has 3 heterocycles. The molecule has 1 atom stereocenters. The van der Waals surface area contributed by atoms with E-state index in [0.29, 0.717) is 39.2 Å². The van der Waals surface area contributed by atoms with Crippen molar-refractivity contribution in [2.45, 2.75) is 18.6 Å². The van der Waals surface area contributed by atoms with E-state index < -0.39 is 11.6 Å². The van der Waals surface area contributed by atoms with Gasteiger partial charge in [0.15, 0.2) is 0 Å². The van der Waals surface area contributed by atoms with Crippen molar-refractivity contribution in [3.05, 3.63) is 60.2 Å². The molecule has 2 fully saturated rings. The average molecular weight is 439 g/mol. The molecule has 2 saturated heterocycles. The van der Waals surface area contributed by atoms with Crippen LogP contribution in [-0.2, 0) is 20.9 Å². The first-order valence-corrected chi connectivity index (χ1v) is 10.5. The molecule has 2 aromatic rings. The van der Waals surface area contributed by atoms with E-state index in [2.05, 4.69) is 15.3 Å². The lowest BCUT2D eigenvalue weighted by molar-refractivity contribution is -0.139. The third-order valence-electron chi connectivity index (χ3n) is 5.62. The maximum absolute atomic E-state index is 13.3. The van der Waals surface area contributed by atoms with Crippen LogP contribution in [0.15, 0.2) is 48.9 Å². The summed E-state index contributed by atoms with van der Waals surface area (Å²) in [4.78, 5) is 49.6. The van der Waals surface area contributed by atoms with Gasteiger partial charge in [-0.15, -0.1) is 0 Å². The zero-order valence-corrected chi connectivity index (χ0v) is 17.6. The number of hydrogen-bond acceptors (Lipinski definition) is 7. The molecule has 10 nitrogen and oxygen atoms in total. The zero-order valence-electron chi connectivity index (χ0n) is 17.6. The van der Waals surface area contributed by atoms with Crippen LogP contribution in [0.1, 0.15) is 22.5 Å². The summed E-state index contributed by atoms with van der Waals surface area (Å²) < 4.78 is 10.8. The molecule has 2 aliphatic rings. The van der Waals surface area contributed by atoms with Crippen molar-refractivity contribution in [2.75, 3.05) is 39.4 Å². The van der Waals surface area contributed by atoms with Gasteiger partial charge in [-0.25, -0.2) is 9.78 Å². The lowest BCUT2D eigenvalue weighted by Gasteiger charge is -2.39. The summed E-state index contributed by atoms with van der Waals surface area (Å²) in [6.07, 6.45) is 4.11. The number of nitrogens with one attached hydrogen (secondary N) is 1. The van der Waals surface area contributed by atoms with Gasteiger partial charge in [0.2, 0.25) is 0 Å². The molecule has 0 aliphatic carbocycles. The fourth-order valence-corrected chi connectivity index (χ4v) is 3.83. The number of rotatable bonds is 5. The summed E-state index contributed by atoms with van der Waals surface area (Å²) in [5.41, 5.74) is -0.0319. The Morgan fingerprint density at radius 3 is 2.47 bits per heavy atom. The van der Waals surface area contributed by atoms with Gasteiger partial charge in [0, 0.05) is 51.6 Å². The van der Waals surface area contributed by atoms with Gasteiger partial charge in [-0.2, -0.15) is 0 Å². The number of benzene rings is 1. The van der Waals surface area contributed by atoms with Crippen LogP contribution in [0.25, 0.3) is 0 Å². The van der Waals surface area contributed by atoms with Crippen molar-refractivity contribution in [3.8, 4) is 0 Å². The van der Waals surface area contributed by atoms with Crippen LogP contribution in [0.3, 0.4) is 0 Å². The zero-order chi connectivity index (χ0) is 22.4. The highest BCUT2D eigenvalue weighted by molar-refractivity contribution is 5.93. The van der Waals surface area contributed by atoms with E-state index in [1.807, 2.05) is 30.3 Å². The number of alkyl carbamates (subject to hydrolysis) is 1. The Morgan fingerprint density at radius 1 is 1.06 bits per heavy atom. The Hall–Kier alpha value is -3.53. The topological polar surface area (TPSA) is 114 Å². The number of carbonyl (C=O) groups excluding carboxylic acids is 3. The second-order valence-electron chi connectivity index (χ2n) is 7.75. The summed E-state index contributed by atoms with van der Waals surface area (Å²) in [5, 5.41) is 2.74. The second-order valence-corrected chi connectivity index (χ2v) is 7.75. The van der Waals surface area contributed by atoms with Crippen molar-refractivity contribution in [3.63, 3.8) is 0 Å². The number of carbonyl (C=O) groups is 3. The summed E-state index contributed by atoms with van der Waals surface area (Å²) in [7, 11) is 0. The van der Waals surface area contributed by atoms with Crippen LogP contribution < -0.4 is 5.32 Å². The number of piperazine rings is 1. The Bertz CT molecular complexity index is 942. The highest BCUT2D eigenvalue weighted by atomic mass is 16.5. The molecule has 10 heteroatoms. The van der Waals surface area contributed by atoms with Gasteiger partial charge in [0.05, 0.1) is 12.8 Å². The van der Waals surface area contributed by atoms with Gasteiger partial charge in [-0.05, 0) is 5.56 Å². The second kappa shape index (κ2) is 9.73. The Kier molecular flexibility index (Phi) is 6.60. The van der Waals surface area contributed by atoms with E-state index >= 15 is 0 Å². The predicted octanol–water partition coefficient (Wildman–Crippen LogP) is 0.847. The number of ether oxygens (including phenoxy) is 2. The number of amides is 3. The molecular formula is C22H25N5O5. The maximum atomic E-state index is 13.3. The van der Waals surface area contributed by atoms with Crippen LogP contribution in [0.4, 0.5) is 4.79 Å². The van der Waals surface area contributed by atoms with E-state index in [9.17, 15) is 14.4 Å². The first-order chi connectivity index (χ1) is 15.6. The molecule has 0 saturated carbocycles. The molecule has 1 unspecified atom stereocenters. The SMILES string of the molecule is O=C(NC1(C(=O)N2CCN(C(=O)c3cnccn3)CC2)CCOC1)OCc1ccccc1. The standard InChI is InChI=1S/C22H25N5O5/c28-19(18-14-23-7-8-24-18)26-9-11-27(12-10-26)20(29)22(6-13-31-16-22)25-21(30)32-15-17-4-2-1-3-5-17/h1-5,7-8,14H,6,9-13,15-16H2,(H,25,30). The van der Waals surface area contributed by atoms with Crippen molar-refractivity contribution < 1.29 is 23.9 Å². The van der Waals surface area contributed by atoms with Crippen LogP contribution in [0, 0.1) is 0 Å². The summed E-state index contributed by atoms with van der Waals surface area (Å²) in [6, 6.07) is 9.32. The smallest absolute Gasteiger partial charge is 0.408 e. The van der Waals surface area contributed by atoms with Crippen LogP contribution >= 0.6 is 0 Å². The molecule has 0 spiro atoms. The van der Waals surface area contributed by atoms with Crippen LogP contribution in [-0.4, -0.2) is 82.6 Å². The third kappa shape index (κ3) is 4.86. The van der Waals surface area contributed by atoms with Crippen molar-refractivity contribution >= 4 is 17.9 Å². The molecular weight excluding hydrogens is 414 g/mol. The quantitative estimate of drug-likeness (QED) is 0.735. The number of hydrogen-bond donors (Lipinski definition) is 1. The molecule has 1 aromatic heterocycles. The molecule has 168 valence electrons. The number of aromatic nitrogens is 2. The van der Waals surface area contributed by atoms with Crippen molar-refractivity contribution in [1.82, 2.24) is 25.1 Å². The van der Waals surface area contributed by atoms with Crippen LogP contribution in [0.5, 0.6) is 0 Å².